The monoisotopic (exact) mass is 284 g/mol. The highest BCUT2D eigenvalue weighted by Gasteiger charge is 2.13. The summed E-state index contributed by atoms with van der Waals surface area (Å²) in [7, 11) is 0. The zero-order valence-corrected chi connectivity index (χ0v) is 12.5. The third-order valence-corrected chi connectivity index (χ3v) is 4.44. The lowest BCUT2D eigenvalue weighted by Crippen LogP contribution is -2.19. The maximum Gasteiger partial charge on any atom is 0.0710 e. The van der Waals surface area contributed by atoms with Crippen LogP contribution >= 0.6 is 0 Å². The number of H-pyrrole nitrogens is 1. The summed E-state index contributed by atoms with van der Waals surface area (Å²) in [6.45, 7) is 1.97. The molecular formula is C17H24N4. The van der Waals surface area contributed by atoms with Crippen molar-refractivity contribution in [1.82, 2.24) is 20.5 Å². The van der Waals surface area contributed by atoms with Crippen LogP contribution in [0.2, 0.25) is 0 Å². The summed E-state index contributed by atoms with van der Waals surface area (Å²) >= 11 is 0. The molecule has 0 spiro atoms. The zero-order chi connectivity index (χ0) is 14.3. The second-order valence-corrected chi connectivity index (χ2v) is 5.98. The molecule has 3 rings (SSSR count). The van der Waals surface area contributed by atoms with Gasteiger partial charge in [-0.1, -0.05) is 32.1 Å². The first-order valence-electron chi connectivity index (χ1n) is 8.07. The first-order valence-corrected chi connectivity index (χ1v) is 8.07. The molecule has 0 amide bonds. The quantitative estimate of drug-likeness (QED) is 0.798. The zero-order valence-electron chi connectivity index (χ0n) is 12.5. The molecule has 2 heterocycles. The van der Waals surface area contributed by atoms with E-state index in [1.54, 1.807) is 6.20 Å². The first-order chi connectivity index (χ1) is 10.4. The number of nitrogens with zero attached hydrogens (tertiary/aromatic N) is 2. The Morgan fingerprint density at radius 2 is 2.10 bits per heavy atom. The summed E-state index contributed by atoms with van der Waals surface area (Å²) in [5.74, 6) is 0.938. The Balaban J connectivity index is 1.49. The van der Waals surface area contributed by atoms with E-state index in [0.717, 1.165) is 30.3 Å². The van der Waals surface area contributed by atoms with Crippen LogP contribution in [0.4, 0.5) is 0 Å². The van der Waals surface area contributed by atoms with Crippen molar-refractivity contribution in [3.8, 4) is 11.3 Å². The number of aromatic amines is 1. The molecule has 2 aromatic heterocycles. The van der Waals surface area contributed by atoms with E-state index in [2.05, 4.69) is 26.6 Å². The number of hydrogen-bond acceptors (Lipinski definition) is 3. The molecule has 1 saturated carbocycles. The normalized spacial score (nSPS) is 16.2. The molecule has 0 saturated heterocycles. The molecule has 2 N–H and O–H groups in total. The highest BCUT2D eigenvalue weighted by atomic mass is 15.1. The summed E-state index contributed by atoms with van der Waals surface area (Å²) in [6, 6.07) is 4.02. The highest BCUT2D eigenvalue weighted by molar-refractivity contribution is 5.61. The Hall–Kier alpha value is -1.68. The molecule has 1 aliphatic carbocycles. The summed E-state index contributed by atoms with van der Waals surface area (Å²) in [5, 5.41) is 10.8. The maximum atomic E-state index is 4.17. The number of rotatable bonds is 6. The fourth-order valence-corrected chi connectivity index (χ4v) is 3.21. The van der Waals surface area contributed by atoms with Crippen molar-refractivity contribution in [3.63, 3.8) is 0 Å². The second kappa shape index (κ2) is 7.36. The van der Waals surface area contributed by atoms with Gasteiger partial charge in [0.2, 0.25) is 0 Å². The molecule has 2 aromatic rings. The minimum absolute atomic E-state index is 0.868. The van der Waals surface area contributed by atoms with Gasteiger partial charge in [-0.3, -0.25) is 10.1 Å². The Morgan fingerprint density at radius 3 is 2.90 bits per heavy atom. The van der Waals surface area contributed by atoms with Gasteiger partial charge in [-0.2, -0.15) is 5.10 Å². The van der Waals surface area contributed by atoms with Crippen molar-refractivity contribution >= 4 is 0 Å². The van der Waals surface area contributed by atoms with E-state index >= 15 is 0 Å². The van der Waals surface area contributed by atoms with Gasteiger partial charge in [0.15, 0.2) is 0 Å². The third kappa shape index (κ3) is 3.91. The van der Waals surface area contributed by atoms with Crippen molar-refractivity contribution in [2.24, 2.45) is 5.92 Å². The van der Waals surface area contributed by atoms with Crippen LogP contribution in [0.3, 0.4) is 0 Å². The van der Waals surface area contributed by atoms with Gasteiger partial charge in [0.05, 0.1) is 11.9 Å². The van der Waals surface area contributed by atoms with Crippen molar-refractivity contribution in [2.45, 2.75) is 45.1 Å². The lowest BCUT2D eigenvalue weighted by Gasteiger charge is -2.21. The molecule has 1 aliphatic rings. The molecule has 1 fully saturated rings. The lowest BCUT2D eigenvalue weighted by atomic mass is 9.87. The van der Waals surface area contributed by atoms with E-state index in [1.165, 1.54) is 44.1 Å². The number of nitrogens with one attached hydrogen (secondary N) is 2. The summed E-state index contributed by atoms with van der Waals surface area (Å²) in [6.07, 6.45) is 14.0. The predicted octanol–water partition coefficient (Wildman–Crippen LogP) is 3.53. The minimum Gasteiger partial charge on any atom is -0.313 e. The van der Waals surface area contributed by atoms with Crippen molar-refractivity contribution < 1.29 is 0 Å². The van der Waals surface area contributed by atoms with E-state index in [9.17, 15) is 0 Å². The Labute approximate surface area is 126 Å². The van der Waals surface area contributed by atoms with Gasteiger partial charge >= 0.3 is 0 Å². The van der Waals surface area contributed by atoms with E-state index < -0.39 is 0 Å². The van der Waals surface area contributed by atoms with Gasteiger partial charge in [0.1, 0.15) is 0 Å². The molecule has 0 aromatic carbocycles. The van der Waals surface area contributed by atoms with Crippen LogP contribution in [-0.4, -0.2) is 21.7 Å². The molecule has 4 heteroatoms. The van der Waals surface area contributed by atoms with Gasteiger partial charge < -0.3 is 5.32 Å². The topological polar surface area (TPSA) is 53.6 Å². The number of pyridine rings is 1. The fraction of sp³-hybridized carbons (Fsp3) is 0.529. The Kier molecular flexibility index (Phi) is 5.00. The molecule has 0 atom stereocenters. The summed E-state index contributed by atoms with van der Waals surface area (Å²) in [5.41, 5.74) is 3.39. The van der Waals surface area contributed by atoms with Gasteiger partial charge in [0.25, 0.3) is 0 Å². The maximum absolute atomic E-state index is 4.17. The van der Waals surface area contributed by atoms with Gasteiger partial charge in [-0.15, -0.1) is 0 Å². The van der Waals surface area contributed by atoms with E-state index in [0.29, 0.717) is 0 Å². The van der Waals surface area contributed by atoms with E-state index in [1.807, 2.05) is 18.5 Å². The van der Waals surface area contributed by atoms with Gasteiger partial charge in [-0.05, 0) is 31.0 Å². The van der Waals surface area contributed by atoms with Crippen LogP contribution in [0.25, 0.3) is 11.3 Å². The van der Waals surface area contributed by atoms with Gasteiger partial charge in [-0.25, -0.2) is 0 Å². The van der Waals surface area contributed by atoms with Crippen molar-refractivity contribution in [1.29, 1.82) is 0 Å². The van der Waals surface area contributed by atoms with Crippen LogP contribution in [0, 0.1) is 5.92 Å². The predicted molar refractivity (Wildman–Crippen MR) is 84.7 cm³/mol. The van der Waals surface area contributed by atoms with Crippen molar-refractivity contribution in [2.75, 3.05) is 6.54 Å². The SMILES string of the molecule is c1cncc(-c2[nH]ncc2CNCCC2CCCCC2)c1. The van der Waals surface area contributed by atoms with Crippen LogP contribution in [0.15, 0.2) is 30.7 Å². The second-order valence-electron chi connectivity index (χ2n) is 5.98. The lowest BCUT2D eigenvalue weighted by molar-refractivity contribution is 0.334. The molecule has 21 heavy (non-hydrogen) atoms. The average Bonchev–Trinajstić information content (AvgIpc) is 3.02. The molecule has 4 nitrogen and oxygen atoms in total. The first kappa shape index (κ1) is 14.3. The summed E-state index contributed by atoms with van der Waals surface area (Å²) < 4.78 is 0. The molecule has 112 valence electrons. The Morgan fingerprint density at radius 1 is 1.19 bits per heavy atom. The van der Waals surface area contributed by atoms with E-state index in [4.69, 9.17) is 0 Å². The number of hydrogen-bond donors (Lipinski definition) is 2. The minimum atomic E-state index is 0.868. The summed E-state index contributed by atoms with van der Waals surface area (Å²) in [4.78, 5) is 4.17. The van der Waals surface area contributed by atoms with Crippen LogP contribution < -0.4 is 5.32 Å². The highest BCUT2D eigenvalue weighted by Crippen LogP contribution is 2.26. The van der Waals surface area contributed by atoms with Crippen LogP contribution in [-0.2, 0) is 6.54 Å². The molecule has 0 unspecified atom stereocenters. The fourth-order valence-electron chi connectivity index (χ4n) is 3.21. The molecule has 0 radical (unpaired) electrons. The molecular weight excluding hydrogens is 260 g/mol. The van der Waals surface area contributed by atoms with Gasteiger partial charge in [0, 0.05) is 30.1 Å². The molecule has 0 bridgehead atoms. The average molecular weight is 284 g/mol. The van der Waals surface area contributed by atoms with Crippen molar-refractivity contribution in [3.05, 3.63) is 36.3 Å². The van der Waals surface area contributed by atoms with E-state index in [-0.39, 0.29) is 0 Å². The van der Waals surface area contributed by atoms with Crippen LogP contribution in [0.1, 0.15) is 44.1 Å². The Bertz CT molecular complexity index is 529. The smallest absolute Gasteiger partial charge is 0.0710 e. The largest absolute Gasteiger partial charge is 0.313 e. The standard InChI is InChI=1S/C17H24N4/c1-2-5-14(6-3-1)8-10-19-12-16-13-20-21-17(16)15-7-4-9-18-11-15/h4,7,9,11,13-14,19H,1-3,5-6,8,10,12H2,(H,20,21). The molecule has 0 aliphatic heterocycles. The third-order valence-electron chi connectivity index (χ3n) is 4.44. The van der Waals surface area contributed by atoms with Crippen LogP contribution in [0.5, 0.6) is 0 Å². The number of aromatic nitrogens is 3.